The maximum atomic E-state index is 5.86. The summed E-state index contributed by atoms with van der Waals surface area (Å²) in [5.74, 6) is 0. The van der Waals surface area contributed by atoms with Gasteiger partial charge >= 0.3 is 0 Å². The molecule has 0 aromatic rings. The molecular formula is C12H24N2O. The summed E-state index contributed by atoms with van der Waals surface area (Å²) in [7, 11) is 0. The van der Waals surface area contributed by atoms with Crippen molar-refractivity contribution in [2.45, 2.75) is 44.8 Å². The second-order valence-electron chi connectivity index (χ2n) is 4.78. The largest absolute Gasteiger partial charge is 0.377 e. The van der Waals surface area contributed by atoms with Crippen molar-refractivity contribution in [2.75, 3.05) is 32.8 Å². The van der Waals surface area contributed by atoms with E-state index in [-0.39, 0.29) is 0 Å². The van der Waals surface area contributed by atoms with Crippen LogP contribution in [0.4, 0.5) is 0 Å². The van der Waals surface area contributed by atoms with Crippen LogP contribution in [0.1, 0.15) is 32.6 Å². The molecule has 0 spiro atoms. The first-order valence-electron chi connectivity index (χ1n) is 6.46. The molecule has 1 N–H and O–H groups in total. The van der Waals surface area contributed by atoms with Crippen LogP contribution in [0.5, 0.6) is 0 Å². The first-order valence-corrected chi connectivity index (χ1v) is 6.46. The first-order chi connectivity index (χ1) is 7.40. The fourth-order valence-corrected chi connectivity index (χ4v) is 2.67. The third-order valence-electron chi connectivity index (χ3n) is 3.52. The van der Waals surface area contributed by atoms with E-state index >= 15 is 0 Å². The van der Waals surface area contributed by atoms with Crippen molar-refractivity contribution in [1.29, 1.82) is 0 Å². The zero-order valence-corrected chi connectivity index (χ0v) is 9.87. The Morgan fingerprint density at radius 2 is 2.33 bits per heavy atom. The minimum absolute atomic E-state index is 0.499. The first kappa shape index (κ1) is 11.4. The second kappa shape index (κ2) is 5.83. The lowest BCUT2D eigenvalue weighted by molar-refractivity contribution is -0.0101. The summed E-state index contributed by atoms with van der Waals surface area (Å²) in [5.41, 5.74) is 0. The van der Waals surface area contributed by atoms with E-state index in [0.717, 1.165) is 25.6 Å². The maximum Gasteiger partial charge on any atom is 0.0702 e. The molecule has 0 aromatic heterocycles. The quantitative estimate of drug-likeness (QED) is 0.759. The molecule has 0 saturated carbocycles. The van der Waals surface area contributed by atoms with Gasteiger partial charge in [0.25, 0.3) is 0 Å². The number of hydrogen-bond acceptors (Lipinski definition) is 3. The van der Waals surface area contributed by atoms with Gasteiger partial charge in [0.15, 0.2) is 0 Å². The molecule has 0 bridgehead atoms. The van der Waals surface area contributed by atoms with E-state index in [9.17, 15) is 0 Å². The van der Waals surface area contributed by atoms with Gasteiger partial charge in [-0.2, -0.15) is 0 Å². The number of rotatable bonds is 4. The van der Waals surface area contributed by atoms with Crippen LogP contribution in [0.15, 0.2) is 0 Å². The predicted octanol–water partition coefficient (Wildman–Crippen LogP) is 1.24. The van der Waals surface area contributed by atoms with Crippen LogP contribution in [0.3, 0.4) is 0 Å². The lowest BCUT2D eigenvalue weighted by atomic mass is 10.1. The van der Waals surface area contributed by atoms with Crippen molar-refractivity contribution in [3.8, 4) is 0 Å². The van der Waals surface area contributed by atoms with Gasteiger partial charge in [-0.1, -0.05) is 6.92 Å². The van der Waals surface area contributed by atoms with Crippen LogP contribution in [0.2, 0.25) is 0 Å². The second-order valence-corrected chi connectivity index (χ2v) is 4.78. The number of hydrogen-bond donors (Lipinski definition) is 1. The van der Waals surface area contributed by atoms with Crippen LogP contribution in [-0.2, 0) is 4.74 Å². The Bertz CT molecular complexity index is 180. The average molecular weight is 212 g/mol. The molecule has 2 saturated heterocycles. The van der Waals surface area contributed by atoms with Crippen molar-refractivity contribution in [1.82, 2.24) is 10.2 Å². The van der Waals surface area contributed by atoms with Gasteiger partial charge in [0.2, 0.25) is 0 Å². The molecule has 2 aliphatic heterocycles. The van der Waals surface area contributed by atoms with Gasteiger partial charge in [-0.05, 0) is 38.8 Å². The number of ether oxygens (including phenoxy) is 1. The molecule has 88 valence electrons. The van der Waals surface area contributed by atoms with Crippen LogP contribution in [0, 0.1) is 0 Å². The highest BCUT2D eigenvalue weighted by molar-refractivity contribution is 4.84. The summed E-state index contributed by atoms with van der Waals surface area (Å²) in [6.45, 7) is 7.93. The van der Waals surface area contributed by atoms with Crippen LogP contribution in [-0.4, -0.2) is 49.8 Å². The standard InChI is InChI=1S/C12H24N2O/c1-2-8-15-12-4-3-7-14(10-12)11-5-6-13-9-11/h11-13H,2-10H2,1H3. The minimum atomic E-state index is 0.499. The molecule has 2 rings (SSSR count). The highest BCUT2D eigenvalue weighted by Crippen LogP contribution is 2.18. The summed E-state index contributed by atoms with van der Waals surface area (Å²) in [6.07, 6.45) is 5.53. The molecule has 3 heteroatoms. The van der Waals surface area contributed by atoms with E-state index in [1.54, 1.807) is 0 Å². The van der Waals surface area contributed by atoms with Gasteiger partial charge in [-0.15, -0.1) is 0 Å². The number of likely N-dealkylation sites (tertiary alicyclic amines) is 1. The highest BCUT2D eigenvalue weighted by atomic mass is 16.5. The van der Waals surface area contributed by atoms with Gasteiger partial charge in [-0.25, -0.2) is 0 Å². The van der Waals surface area contributed by atoms with Crippen molar-refractivity contribution < 1.29 is 4.74 Å². The number of piperidine rings is 1. The van der Waals surface area contributed by atoms with E-state index in [4.69, 9.17) is 4.74 Å². The van der Waals surface area contributed by atoms with Crippen molar-refractivity contribution in [3.05, 3.63) is 0 Å². The zero-order valence-electron chi connectivity index (χ0n) is 9.87. The molecule has 0 aromatic carbocycles. The summed E-state index contributed by atoms with van der Waals surface area (Å²) >= 11 is 0. The Labute approximate surface area is 93.2 Å². The SMILES string of the molecule is CCCOC1CCCN(C2CCNC2)C1. The maximum absolute atomic E-state index is 5.86. The van der Waals surface area contributed by atoms with Crippen LogP contribution < -0.4 is 5.32 Å². The van der Waals surface area contributed by atoms with Gasteiger partial charge in [0.1, 0.15) is 0 Å². The Morgan fingerprint density at radius 1 is 1.40 bits per heavy atom. The molecule has 15 heavy (non-hydrogen) atoms. The van der Waals surface area contributed by atoms with Crippen molar-refractivity contribution in [2.24, 2.45) is 0 Å². The Hall–Kier alpha value is -0.120. The molecule has 0 amide bonds. The minimum Gasteiger partial charge on any atom is -0.377 e. The summed E-state index contributed by atoms with van der Waals surface area (Å²) in [4.78, 5) is 2.63. The summed E-state index contributed by atoms with van der Waals surface area (Å²) in [5, 5.41) is 3.45. The number of nitrogens with zero attached hydrogens (tertiary/aromatic N) is 1. The van der Waals surface area contributed by atoms with E-state index in [1.165, 1.54) is 38.9 Å². The smallest absolute Gasteiger partial charge is 0.0702 e. The molecule has 0 radical (unpaired) electrons. The molecular weight excluding hydrogens is 188 g/mol. The third kappa shape index (κ3) is 3.16. The monoisotopic (exact) mass is 212 g/mol. The molecule has 2 heterocycles. The molecule has 2 unspecified atom stereocenters. The van der Waals surface area contributed by atoms with E-state index in [2.05, 4.69) is 17.1 Å². The lowest BCUT2D eigenvalue weighted by Gasteiger charge is -2.36. The predicted molar refractivity (Wildman–Crippen MR) is 62.1 cm³/mol. The van der Waals surface area contributed by atoms with Crippen LogP contribution in [0.25, 0.3) is 0 Å². The average Bonchev–Trinajstić information content (AvgIpc) is 2.80. The molecule has 0 aliphatic carbocycles. The van der Waals surface area contributed by atoms with E-state index < -0.39 is 0 Å². The Kier molecular flexibility index (Phi) is 4.42. The van der Waals surface area contributed by atoms with Gasteiger partial charge in [-0.3, -0.25) is 4.90 Å². The summed E-state index contributed by atoms with van der Waals surface area (Å²) < 4.78 is 5.86. The van der Waals surface area contributed by atoms with Crippen LogP contribution >= 0.6 is 0 Å². The van der Waals surface area contributed by atoms with Gasteiger partial charge < -0.3 is 10.1 Å². The zero-order chi connectivity index (χ0) is 10.5. The molecule has 2 atom stereocenters. The fourth-order valence-electron chi connectivity index (χ4n) is 2.67. The molecule has 2 fully saturated rings. The van der Waals surface area contributed by atoms with Gasteiger partial charge in [0.05, 0.1) is 6.10 Å². The highest BCUT2D eigenvalue weighted by Gasteiger charge is 2.27. The molecule has 2 aliphatic rings. The lowest BCUT2D eigenvalue weighted by Crippen LogP contribution is -2.46. The Morgan fingerprint density at radius 3 is 3.07 bits per heavy atom. The Balaban J connectivity index is 1.75. The third-order valence-corrected chi connectivity index (χ3v) is 3.52. The summed E-state index contributed by atoms with van der Waals surface area (Å²) in [6, 6.07) is 0.776. The van der Waals surface area contributed by atoms with Crippen molar-refractivity contribution >= 4 is 0 Å². The fraction of sp³-hybridized carbons (Fsp3) is 1.00. The van der Waals surface area contributed by atoms with Gasteiger partial charge in [0, 0.05) is 25.7 Å². The topological polar surface area (TPSA) is 24.5 Å². The number of nitrogens with one attached hydrogen (secondary N) is 1. The van der Waals surface area contributed by atoms with Crippen molar-refractivity contribution in [3.63, 3.8) is 0 Å². The normalized spacial score (nSPS) is 33.4. The van der Waals surface area contributed by atoms with E-state index in [0.29, 0.717) is 6.10 Å². The molecule has 3 nitrogen and oxygen atoms in total. The van der Waals surface area contributed by atoms with E-state index in [1.807, 2.05) is 0 Å².